The second-order valence-electron chi connectivity index (χ2n) is 3.64. The molecule has 0 aliphatic carbocycles. The van der Waals surface area contributed by atoms with Crippen LogP contribution in [0, 0.1) is 0 Å². The van der Waals surface area contributed by atoms with Gasteiger partial charge in [0.15, 0.2) is 0 Å². The Hall–Kier alpha value is -1.26. The van der Waals surface area contributed by atoms with Crippen molar-refractivity contribution in [3.05, 3.63) is 23.8 Å². The van der Waals surface area contributed by atoms with Gasteiger partial charge in [-0.1, -0.05) is 6.07 Å². The molecule has 4 heteroatoms. The third-order valence-electron chi connectivity index (χ3n) is 2.51. The molecule has 1 aromatic carbocycles. The van der Waals surface area contributed by atoms with Gasteiger partial charge in [-0.2, -0.15) is 0 Å². The predicted octanol–water partition coefficient (Wildman–Crippen LogP) is 1.48. The highest BCUT2D eigenvalue weighted by molar-refractivity contribution is 5.40. The van der Waals surface area contributed by atoms with Gasteiger partial charge >= 0.3 is 0 Å². The average molecular weight is 239 g/mol. The molecule has 0 saturated carbocycles. The van der Waals surface area contributed by atoms with E-state index >= 15 is 0 Å². The summed E-state index contributed by atoms with van der Waals surface area (Å²) in [5, 5.41) is 3.04. The lowest BCUT2D eigenvalue weighted by molar-refractivity contribution is 0.140. The number of hydrogen-bond acceptors (Lipinski definition) is 4. The molecule has 0 bridgehead atoms. The third-order valence-corrected chi connectivity index (χ3v) is 2.51. The SMILES string of the molecule is CNCCOCCc1ccc(OC)cc1OC. The van der Waals surface area contributed by atoms with Crippen LogP contribution in [-0.4, -0.2) is 41.0 Å². The number of rotatable bonds is 8. The zero-order valence-corrected chi connectivity index (χ0v) is 10.8. The molecule has 0 amide bonds. The van der Waals surface area contributed by atoms with E-state index in [0.717, 1.165) is 36.6 Å². The largest absolute Gasteiger partial charge is 0.497 e. The fraction of sp³-hybridized carbons (Fsp3) is 0.538. The van der Waals surface area contributed by atoms with Crippen molar-refractivity contribution in [2.45, 2.75) is 6.42 Å². The molecule has 4 nitrogen and oxygen atoms in total. The number of benzene rings is 1. The summed E-state index contributed by atoms with van der Waals surface area (Å²) in [4.78, 5) is 0. The van der Waals surface area contributed by atoms with E-state index in [0.29, 0.717) is 6.61 Å². The second kappa shape index (κ2) is 7.92. The van der Waals surface area contributed by atoms with Gasteiger partial charge in [-0.15, -0.1) is 0 Å². The maximum absolute atomic E-state index is 5.48. The normalized spacial score (nSPS) is 10.3. The van der Waals surface area contributed by atoms with Crippen molar-refractivity contribution < 1.29 is 14.2 Å². The molecule has 0 aliphatic rings. The Labute approximate surface area is 103 Å². The highest BCUT2D eigenvalue weighted by Gasteiger charge is 2.04. The first kappa shape index (κ1) is 13.8. The summed E-state index contributed by atoms with van der Waals surface area (Å²) in [6, 6.07) is 5.84. The van der Waals surface area contributed by atoms with E-state index in [1.807, 2.05) is 25.2 Å². The van der Waals surface area contributed by atoms with Crippen molar-refractivity contribution in [1.29, 1.82) is 0 Å². The van der Waals surface area contributed by atoms with Crippen LogP contribution in [0.1, 0.15) is 5.56 Å². The van der Waals surface area contributed by atoms with Crippen LogP contribution >= 0.6 is 0 Å². The van der Waals surface area contributed by atoms with Gasteiger partial charge in [-0.3, -0.25) is 0 Å². The second-order valence-corrected chi connectivity index (χ2v) is 3.64. The lowest BCUT2D eigenvalue weighted by Crippen LogP contribution is -2.15. The summed E-state index contributed by atoms with van der Waals surface area (Å²) in [5.74, 6) is 1.66. The number of hydrogen-bond donors (Lipinski definition) is 1. The average Bonchev–Trinajstić information content (AvgIpc) is 2.38. The van der Waals surface area contributed by atoms with Crippen molar-refractivity contribution in [2.75, 3.05) is 41.0 Å². The Morgan fingerprint density at radius 2 is 1.94 bits per heavy atom. The quantitative estimate of drug-likeness (QED) is 0.698. The molecule has 1 rings (SSSR count). The highest BCUT2D eigenvalue weighted by atomic mass is 16.5. The Bertz CT molecular complexity index is 328. The van der Waals surface area contributed by atoms with E-state index in [-0.39, 0.29) is 0 Å². The molecular weight excluding hydrogens is 218 g/mol. The molecule has 0 aromatic heterocycles. The fourth-order valence-electron chi connectivity index (χ4n) is 1.52. The monoisotopic (exact) mass is 239 g/mol. The smallest absolute Gasteiger partial charge is 0.125 e. The Morgan fingerprint density at radius 3 is 2.59 bits per heavy atom. The minimum absolute atomic E-state index is 0.699. The van der Waals surface area contributed by atoms with Gasteiger partial charge < -0.3 is 19.5 Å². The van der Waals surface area contributed by atoms with Crippen LogP contribution in [0.5, 0.6) is 11.5 Å². The van der Waals surface area contributed by atoms with Crippen LogP contribution in [0.2, 0.25) is 0 Å². The van der Waals surface area contributed by atoms with Gasteiger partial charge in [-0.25, -0.2) is 0 Å². The lowest BCUT2D eigenvalue weighted by Gasteiger charge is -2.10. The first-order valence-corrected chi connectivity index (χ1v) is 5.75. The molecule has 0 heterocycles. The molecule has 0 fully saturated rings. The Balaban J connectivity index is 2.46. The number of likely N-dealkylation sites (N-methyl/N-ethyl adjacent to an activating group) is 1. The van der Waals surface area contributed by atoms with E-state index in [1.54, 1.807) is 14.2 Å². The van der Waals surface area contributed by atoms with Gasteiger partial charge in [0.1, 0.15) is 11.5 Å². The van der Waals surface area contributed by atoms with Crippen molar-refractivity contribution in [3.8, 4) is 11.5 Å². The van der Waals surface area contributed by atoms with E-state index in [1.165, 1.54) is 0 Å². The molecule has 96 valence electrons. The molecule has 0 spiro atoms. The minimum Gasteiger partial charge on any atom is -0.497 e. The van der Waals surface area contributed by atoms with E-state index in [9.17, 15) is 0 Å². The predicted molar refractivity (Wildman–Crippen MR) is 68.0 cm³/mol. The molecule has 0 aliphatic heterocycles. The third kappa shape index (κ3) is 4.63. The topological polar surface area (TPSA) is 39.7 Å². The molecular formula is C13H21NO3. The van der Waals surface area contributed by atoms with E-state index in [2.05, 4.69) is 5.32 Å². The molecule has 1 aromatic rings. The van der Waals surface area contributed by atoms with Gasteiger partial charge in [0.25, 0.3) is 0 Å². The molecule has 0 saturated heterocycles. The summed E-state index contributed by atoms with van der Waals surface area (Å²) in [6.07, 6.45) is 0.844. The van der Waals surface area contributed by atoms with Gasteiger partial charge in [0.2, 0.25) is 0 Å². The molecule has 0 radical (unpaired) electrons. The van der Waals surface area contributed by atoms with Crippen molar-refractivity contribution in [2.24, 2.45) is 0 Å². The van der Waals surface area contributed by atoms with Crippen LogP contribution < -0.4 is 14.8 Å². The van der Waals surface area contributed by atoms with E-state index in [4.69, 9.17) is 14.2 Å². The number of ether oxygens (including phenoxy) is 3. The zero-order valence-electron chi connectivity index (χ0n) is 10.8. The maximum Gasteiger partial charge on any atom is 0.125 e. The molecule has 0 atom stereocenters. The summed E-state index contributed by atoms with van der Waals surface area (Å²) in [5.41, 5.74) is 1.14. The van der Waals surface area contributed by atoms with Gasteiger partial charge in [0, 0.05) is 12.6 Å². The fourth-order valence-corrected chi connectivity index (χ4v) is 1.52. The van der Waals surface area contributed by atoms with Gasteiger partial charge in [0.05, 0.1) is 27.4 Å². The summed E-state index contributed by atoms with van der Waals surface area (Å²) in [7, 11) is 5.23. The van der Waals surface area contributed by atoms with Crippen molar-refractivity contribution in [1.82, 2.24) is 5.32 Å². The Kier molecular flexibility index (Phi) is 6.43. The van der Waals surface area contributed by atoms with Crippen LogP contribution in [-0.2, 0) is 11.2 Å². The summed E-state index contributed by atoms with van der Waals surface area (Å²) >= 11 is 0. The standard InChI is InChI=1S/C13H21NO3/c1-14-7-9-17-8-6-11-4-5-12(15-2)10-13(11)16-3/h4-5,10,14H,6-9H2,1-3H3. The van der Waals surface area contributed by atoms with Crippen LogP contribution in [0.15, 0.2) is 18.2 Å². The highest BCUT2D eigenvalue weighted by Crippen LogP contribution is 2.24. The van der Waals surface area contributed by atoms with Gasteiger partial charge in [-0.05, 0) is 25.1 Å². The van der Waals surface area contributed by atoms with Crippen LogP contribution in [0.3, 0.4) is 0 Å². The summed E-state index contributed by atoms with van der Waals surface area (Å²) in [6.45, 7) is 2.30. The number of methoxy groups -OCH3 is 2. The van der Waals surface area contributed by atoms with Crippen molar-refractivity contribution >= 4 is 0 Å². The first-order chi connectivity index (χ1) is 8.31. The molecule has 0 unspecified atom stereocenters. The number of nitrogens with one attached hydrogen (secondary N) is 1. The molecule has 17 heavy (non-hydrogen) atoms. The minimum atomic E-state index is 0.699. The van der Waals surface area contributed by atoms with E-state index < -0.39 is 0 Å². The zero-order chi connectivity index (χ0) is 12.5. The maximum atomic E-state index is 5.48. The van der Waals surface area contributed by atoms with Crippen LogP contribution in [0.25, 0.3) is 0 Å². The van der Waals surface area contributed by atoms with Crippen LogP contribution in [0.4, 0.5) is 0 Å². The lowest BCUT2D eigenvalue weighted by atomic mass is 10.1. The Morgan fingerprint density at radius 1 is 1.12 bits per heavy atom. The molecule has 1 N–H and O–H groups in total. The first-order valence-electron chi connectivity index (χ1n) is 5.75. The summed E-state index contributed by atoms with van der Waals surface area (Å²) < 4.78 is 16.0. The van der Waals surface area contributed by atoms with Crippen molar-refractivity contribution in [3.63, 3.8) is 0 Å².